The Kier molecular flexibility index (Phi) is 5.14. The maximum atomic E-state index is 13.3. The minimum atomic E-state index is -0.450. The number of hydrogen-bond acceptors (Lipinski definition) is 4. The molecule has 0 aliphatic heterocycles. The van der Waals surface area contributed by atoms with Crippen LogP contribution in [-0.2, 0) is 17.8 Å². The summed E-state index contributed by atoms with van der Waals surface area (Å²) in [6, 6.07) is 13.2. The van der Waals surface area contributed by atoms with Crippen LogP contribution in [0.1, 0.15) is 18.2 Å². The van der Waals surface area contributed by atoms with Gasteiger partial charge in [-0.3, -0.25) is 9.59 Å². The van der Waals surface area contributed by atoms with Crippen LogP contribution in [0.4, 0.5) is 10.1 Å². The second kappa shape index (κ2) is 7.90. The number of aryl methyl sites for hydroxylation is 2. The molecule has 30 heavy (non-hydrogen) atoms. The molecule has 0 unspecified atom stereocenters. The van der Waals surface area contributed by atoms with Crippen LogP contribution in [0.5, 0.6) is 0 Å². The molecular weight excluding hydrogens is 385 g/mol. The number of anilines is 1. The van der Waals surface area contributed by atoms with Gasteiger partial charge in [0.15, 0.2) is 0 Å². The Bertz CT molecular complexity index is 1270. The van der Waals surface area contributed by atoms with Gasteiger partial charge in [-0.15, -0.1) is 0 Å². The summed E-state index contributed by atoms with van der Waals surface area (Å²) in [6.45, 7) is 3.57. The SMILES string of the molecule is CCc1ccc(NC(=O)Cn2nc(C)c3cnn(-c4ccc(F)cc4)c3c2=O)cc1. The van der Waals surface area contributed by atoms with Gasteiger partial charge in [-0.25, -0.2) is 13.8 Å². The molecule has 1 N–H and O–H groups in total. The third kappa shape index (κ3) is 3.71. The van der Waals surface area contributed by atoms with Crippen molar-refractivity contribution in [3.8, 4) is 5.69 Å². The van der Waals surface area contributed by atoms with Crippen molar-refractivity contribution in [1.82, 2.24) is 19.6 Å². The quantitative estimate of drug-likeness (QED) is 0.553. The van der Waals surface area contributed by atoms with E-state index < -0.39 is 5.56 Å². The molecule has 0 atom stereocenters. The molecule has 2 heterocycles. The highest BCUT2D eigenvalue weighted by atomic mass is 19.1. The van der Waals surface area contributed by atoms with Gasteiger partial charge >= 0.3 is 0 Å². The first-order chi connectivity index (χ1) is 14.5. The van der Waals surface area contributed by atoms with Gasteiger partial charge in [-0.2, -0.15) is 10.2 Å². The highest BCUT2D eigenvalue weighted by Crippen LogP contribution is 2.17. The molecule has 8 heteroatoms. The minimum Gasteiger partial charge on any atom is -0.324 e. The average Bonchev–Trinajstić information content (AvgIpc) is 3.19. The molecule has 0 saturated carbocycles. The minimum absolute atomic E-state index is 0.236. The number of carbonyl (C=O) groups is 1. The first-order valence-electron chi connectivity index (χ1n) is 9.56. The van der Waals surface area contributed by atoms with Crippen LogP contribution in [0.15, 0.2) is 59.5 Å². The van der Waals surface area contributed by atoms with E-state index in [2.05, 4.69) is 22.4 Å². The number of nitrogens with zero attached hydrogens (tertiary/aromatic N) is 4. The number of rotatable bonds is 5. The third-order valence-corrected chi connectivity index (χ3v) is 4.88. The molecule has 0 radical (unpaired) electrons. The van der Waals surface area contributed by atoms with Crippen LogP contribution >= 0.6 is 0 Å². The van der Waals surface area contributed by atoms with Crippen LogP contribution in [0.25, 0.3) is 16.6 Å². The van der Waals surface area contributed by atoms with Crippen molar-refractivity contribution in [2.45, 2.75) is 26.8 Å². The molecule has 0 bridgehead atoms. The third-order valence-electron chi connectivity index (χ3n) is 4.88. The van der Waals surface area contributed by atoms with E-state index in [1.165, 1.54) is 34.5 Å². The molecule has 4 aromatic rings. The zero-order chi connectivity index (χ0) is 21.3. The van der Waals surface area contributed by atoms with Crippen molar-refractivity contribution in [1.29, 1.82) is 0 Å². The summed E-state index contributed by atoms with van der Waals surface area (Å²) in [5, 5.41) is 11.9. The zero-order valence-corrected chi connectivity index (χ0v) is 16.6. The van der Waals surface area contributed by atoms with E-state index >= 15 is 0 Å². The Hall–Kier alpha value is -3.81. The summed E-state index contributed by atoms with van der Waals surface area (Å²) in [7, 11) is 0. The molecule has 0 aliphatic carbocycles. The fourth-order valence-corrected chi connectivity index (χ4v) is 3.27. The van der Waals surface area contributed by atoms with Crippen molar-refractivity contribution in [3.05, 3.63) is 82.2 Å². The van der Waals surface area contributed by atoms with Gasteiger partial charge in [0.1, 0.15) is 17.9 Å². The van der Waals surface area contributed by atoms with E-state index in [-0.39, 0.29) is 23.8 Å². The fourth-order valence-electron chi connectivity index (χ4n) is 3.27. The highest BCUT2D eigenvalue weighted by molar-refractivity contribution is 5.90. The monoisotopic (exact) mass is 405 g/mol. The van der Waals surface area contributed by atoms with Gasteiger partial charge in [0.2, 0.25) is 5.91 Å². The number of aromatic nitrogens is 4. The van der Waals surface area contributed by atoms with Gasteiger partial charge < -0.3 is 5.32 Å². The Morgan fingerprint density at radius 1 is 1.10 bits per heavy atom. The molecule has 2 aromatic carbocycles. The molecule has 0 fully saturated rings. The van der Waals surface area contributed by atoms with Crippen LogP contribution in [0, 0.1) is 12.7 Å². The fraction of sp³-hybridized carbons (Fsp3) is 0.182. The van der Waals surface area contributed by atoms with Crippen LogP contribution < -0.4 is 10.9 Å². The van der Waals surface area contributed by atoms with Gasteiger partial charge in [0, 0.05) is 11.1 Å². The molecule has 1 amide bonds. The second-order valence-corrected chi connectivity index (χ2v) is 6.94. The van der Waals surface area contributed by atoms with Crippen molar-refractivity contribution in [2.75, 3.05) is 5.32 Å². The van der Waals surface area contributed by atoms with E-state index in [9.17, 15) is 14.0 Å². The number of benzene rings is 2. The number of halogens is 1. The van der Waals surface area contributed by atoms with Crippen molar-refractivity contribution in [3.63, 3.8) is 0 Å². The Morgan fingerprint density at radius 3 is 2.47 bits per heavy atom. The molecular formula is C22H20FN5O2. The van der Waals surface area contributed by atoms with E-state index in [4.69, 9.17) is 0 Å². The molecule has 0 spiro atoms. The predicted molar refractivity (Wildman–Crippen MR) is 112 cm³/mol. The average molecular weight is 405 g/mol. The van der Waals surface area contributed by atoms with E-state index in [0.29, 0.717) is 22.5 Å². The Morgan fingerprint density at radius 2 is 1.80 bits per heavy atom. The molecule has 0 saturated heterocycles. The summed E-state index contributed by atoms with van der Waals surface area (Å²) in [4.78, 5) is 25.6. The Balaban J connectivity index is 1.66. The largest absolute Gasteiger partial charge is 0.324 e. The van der Waals surface area contributed by atoms with Crippen molar-refractivity contribution in [2.24, 2.45) is 0 Å². The number of hydrogen-bond donors (Lipinski definition) is 1. The van der Waals surface area contributed by atoms with Gasteiger partial charge in [0.25, 0.3) is 5.56 Å². The van der Waals surface area contributed by atoms with Gasteiger partial charge in [-0.05, 0) is 55.3 Å². The standard InChI is InChI=1S/C22H20FN5O2/c1-3-15-4-8-17(9-5-15)25-20(29)13-27-22(30)21-19(14(2)26-27)12-24-28(21)18-10-6-16(23)7-11-18/h4-12H,3,13H2,1-2H3,(H,25,29). The lowest BCUT2D eigenvalue weighted by molar-refractivity contribution is -0.117. The number of nitrogens with one attached hydrogen (secondary N) is 1. The predicted octanol–water partition coefficient (Wildman–Crippen LogP) is 3.23. The van der Waals surface area contributed by atoms with Crippen molar-refractivity contribution >= 4 is 22.5 Å². The van der Waals surface area contributed by atoms with Crippen molar-refractivity contribution < 1.29 is 9.18 Å². The normalized spacial score (nSPS) is 11.0. The lowest BCUT2D eigenvalue weighted by Gasteiger charge is -2.10. The van der Waals surface area contributed by atoms with Crippen LogP contribution in [0.2, 0.25) is 0 Å². The maximum Gasteiger partial charge on any atom is 0.293 e. The zero-order valence-electron chi connectivity index (χ0n) is 16.6. The van der Waals surface area contributed by atoms with Crippen LogP contribution in [-0.4, -0.2) is 25.5 Å². The van der Waals surface area contributed by atoms with Gasteiger partial charge in [-0.1, -0.05) is 19.1 Å². The summed E-state index contributed by atoms with van der Waals surface area (Å²) < 4.78 is 15.8. The summed E-state index contributed by atoms with van der Waals surface area (Å²) in [6.07, 6.45) is 2.46. The van der Waals surface area contributed by atoms with E-state index in [1.807, 2.05) is 24.3 Å². The summed E-state index contributed by atoms with van der Waals surface area (Å²) >= 11 is 0. The van der Waals surface area contributed by atoms with E-state index in [1.54, 1.807) is 13.1 Å². The lowest BCUT2D eigenvalue weighted by atomic mass is 10.1. The molecule has 7 nitrogen and oxygen atoms in total. The summed E-state index contributed by atoms with van der Waals surface area (Å²) in [5.74, 6) is -0.741. The number of fused-ring (bicyclic) bond motifs is 1. The lowest BCUT2D eigenvalue weighted by Crippen LogP contribution is -2.31. The molecule has 0 aliphatic rings. The first-order valence-corrected chi connectivity index (χ1v) is 9.56. The number of amides is 1. The van der Waals surface area contributed by atoms with Gasteiger partial charge in [0.05, 0.1) is 17.6 Å². The molecule has 152 valence electrons. The first kappa shape index (κ1) is 19.5. The topological polar surface area (TPSA) is 81.8 Å². The number of carbonyl (C=O) groups excluding carboxylic acids is 1. The maximum absolute atomic E-state index is 13.3. The van der Waals surface area contributed by atoms with E-state index in [0.717, 1.165) is 11.1 Å². The van der Waals surface area contributed by atoms with Crippen LogP contribution in [0.3, 0.4) is 0 Å². The smallest absolute Gasteiger partial charge is 0.293 e. The molecule has 4 rings (SSSR count). The summed E-state index contributed by atoms with van der Waals surface area (Å²) in [5.41, 5.74) is 2.77. The Labute approximate surface area is 171 Å². The molecule has 2 aromatic heterocycles. The second-order valence-electron chi connectivity index (χ2n) is 6.94. The highest BCUT2D eigenvalue weighted by Gasteiger charge is 2.16.